The number of anilines is 2. The lowest BCUT2D eigenvalue weighted by Gasteiger charge is -2.22. The fourth-order valence-electron chi connectivity index (χ4n) is 3.39. The van der Waals surface area contributed by atoms with Gasteiger partial charge in [0.2, 0.25) is 5.91 Å². The molecule has 0 radical (unpaired) electrons. The topological polar surface area (TPSA) is 46.1 Å². The van der Waals surface area contributed by atoms with E-state index in [2.05, 4.69) is 11.1 Å². The number of hydrogen-bond donors (Lipinski definition) is 0. The van der Waals surface area contributed by atoms with Crippen molar-refractivity contribution in [1.82, 2.24) is 9.97 Å². The van der Waals surface area contributed by atoms with Gasteiger partial charge in [0.05, 0.1) is 21.9 Å². The molecule has 4 aromatic rings. The molecule has 4 nitrogen and oxygen atoms in total. The Morgan fingerprint density at radius 1 is 1.20 bits per heavy atom. The lowest BCUT2D eigenvalue weighted by Crippen LogP contribution is -2.24. The summed E-state index contributed by atoms with van der Waals surface area (Å²) >= 11 is 9.67. The molecule has 0 aliphatic carbocycles. The first-order chi connectivity index (χ1) is 14.4. The Labute approximate surface area is 188 Å². The Bertz CT molecular complexity index is 1210. The summed E-state index contributed by atoms with van der Waals surface area (Å²) < 4.78 is 0. The minimum Gasteiger partial charge on any atom is -0.274 e. The van der Waals surface area contributed by atoms with Crippen molar-refractivity contribution in [3.8, 4) is 0 Å². The quantitative estimate of drug-likeness (QED) is 0.307. The smallest absolute Gasteiger partial charge is 0.230 e. The van der Waals surface area contributed by atoms with Crippen LogP contribution in [0.25, 0.3) is 10.9 Å². The van der Waals surface area contributed by atoms with Crippen LogP contribution in [0.2, 0.25) is 5.02 Å². The van der Waals surface area contributed by atoms with Gasteiger partial charge in [-0.05, 0) is 43.2 Å². The first-order valence-corrected chi connectivity index (χ1v) is 11.7. The molecule has 7 heteroatoms. The Kier molecular flexibility index (Phi) is 6.09. The van der Waals surface area contributed by atoms with Gasteiger partial charge in [0, 0.05) is 34.5 Å². The molecule has 0 saturated heterocycles. The van der Waals surface area contributed by atoms with E-state index >= 15 is 0 Å². The molecule has 0 aliphatic heterocycles. The van der Waals surface area contributed by atoms with Gasteiger partial charge in [0.1, 0.15) is 0 Å². The summed E-state index contributed by atoms with van der Waals surface area (Å²) in [5.41, 5.74) is 4.61. The highest BCUT2D eigenvalue weighted by atomic mass is 35.5. The van der Waals surface area contributed by atoms with Crippen LogP contribution in [0.3, 0.4) is 0 Å². The van der Waals surface area contributed by atoms with E-state index in [1.54, 1.807) is 16.7 Å². The van der Waals surface area contributed by atoms with Gasteiger partial charge in [-0.2, -0.15) is 0 Å². The number of rotatable bonds is 5. The Balaban J connectivity index is 1.60. The number of aryl methyl sites for hydroxylation is 2. The second kappa shape index (κ2) is 8.76. The van der Waals surface area contributed by atoms with Gasteiger partial charge < -0.3 is 0 Å². The van der Waals surface area contributed by atoms with Gasteiger partial charge in [0.25, 0.3) is 0 Å². The van der Waals surface area contributed by atoms with Crippen LogP contribution in [-0.4, -0.2) is 15.9 Å². The van der Waals surface area contributed by atoms with Crippen molar-refractivity contribution in [2.75, 3.05) is 4.90 Å². The van der Waals surface area contributed by atoms with Crippen LogP contribution in [0.15, 0.2) is 58.9 Å². The predicted octanol–water partition coefficient (Wildman–Crippen LogP) is 6.94. The molecule has 4 rings (SSSR count). The normalized spacial score (nSPS) is 11.1. The highest BCUT2D eigenvalue weighted by molar-refractivity contribution is 7.98. The Hall–Kier alpha value is -2.41. The summed E-state index contributed by atoms with van der Waals surface area (Å²) in [5, 5.41) is 4.32. The van der Waals surface area contributed by atoms with E-state index in [1.165, 1.54) is 18.3 Å². The molecule has 0 unspecified atom stereocenters. The molecule has 152 valence electrons. The number of thiazole rings is 1. The highest BCUT2D eigenvalue weighted by Crippen LogP contribution is 2.38. The van der Waals surface area contributed by atoms with Gasteiger partial charge in [-0.15, -0.1) is 23.1 Å². The van der Waals surface area contributed by atoms with Crippen molar-refractivity contribution in [3.05, 3.63) is 75.9 Å². The third kappa shape index (κ3) is 4.21. The molecule has 0 fully saturated rings. The largest absolute Gasteiger partial charge is 0.274 e. The van der Waals surface area contributed by atoms with E-state index in [4.69, 9.17) is 16.6 Å². The maximum atomic E-state index is 12.5. The lowest BCUT2D eigenvalue weighted by molar-refractivity contribution is -0.115. The predicted molar refractivity (Wildman–Crippen MR) is 127 cm³/mol. The first kappa shape index (κ1) is 20.8. The molecule has 1 amide bonds. The van der Waals surface area contributed by atoms with Crippen molar-refractivity contribution in [1.29, 1.82) is 0 Å². The van der Waals surface area contributed by atoms with Crippen molar-refractivity contribution in [3.63, 3.8) is 0 Å². The van der Waals surface area contributed by atoms with Gasteiger partial charge in [-0.3, -0.25) is 14.7 Å². The van der Waals surface area contributed by atoms with E-state index < -0.39 is 0 Å². The van der Waals surface area contributed by atoms with Gasteiger partial charge in [-0.1, -0.05) is 35.9 Å². The molecule has 0 aliphatic rings. The second-order valence-electron chi connectivity index (χ2n) is 7.00. The third-order valence-corrected chi connectivity index (χ3v) is 6.92. The number of aromatic nitrogens is 2. The SMILES string of the molecule is CC(=O)N(c1nc(CSc2ccnc3ccccc23)cs1)c1c(C)cc(C)cc1Cl. The van der Waals surface area contributed by atoms with Gasteiger partial charge in [0.15, 0.2) is 5.13 Å². The van der Waals surface area contributed by atoms with E-state index in [0.29, 0.717) is 21.6 Å². The monoisotopic (exact) mass is 453 g/mol. The highest BCUT2D eigenvalue weighted by Gasteiger charge is 2.22. The second-order valence-corrected chi connectivity index (χ2v) is 9.26. The van der Waals surface area contributed by atoms with Crippen molar-refractivity contribution >= 4 is 62.3 Å². The number of amides is 1. The van der Waals surface area contributed by atoms with Crippen molar-refractivity contribution in [2.45, 2.75) is 31.4 Å². The molecule has 0 bridgehead atoms. The first-order valence-electron chi connectivity index (χ1n) is 9.42. The zero-order valence-corrected chi connectivity index (χ0v) is 19.2. The Morgan fingerprint density at radius 3 is 2.77 bits per heavy atom. The van der Waals surface area contributed by atoms with E-state index in [1.807, 2.05) is 61.8 Å². The number of para-hydroxylation sites is 1. The zero-order chi connectivity index (χ0) is 21.3. The molecule has 0 spiro atoms. The van der Waals surface area contributed by atoms with Crippen LogP contribution in [0.1, 0.15) is 23.7 Å². The third-order valence-electron chi connectivity index (χ3n) is 4.65. The van der Waals surface area contributed by atoms with Crippen LogP contribution in [0, 0.1) is 13.8 Å². The van der Waals surface area contributed by atoms with Crippen LogP contribution in [0.5, 0.6) is 0 Å². The van der Waals surface area contributed by atoms with E-state index in [-0.39, 0.29) is 5.91 Å². The number of carbonyl (C=O) groups excluding carboxylic acids is 1. The average molecular weight is 454 g/mol. The number of carbonyl (C=O) groups is 1. The number of halogens is 1. The maximum Gasteiger partial charge on any atom is 0.230 e. The minimum atomic E-state index is -0.113. The number of benzene rings is 2. The summed E-state index contributed by atoms with van der Waals surface area (Å²) in [4.78, 5) is 24.4. The molecule has 2 heterocycles. The van der Waals surface area contributed by atoms with E-state index in [9.17, 15) is 4.79 Å². The summed E-state index contributed by atoms with van der Waals surface area (Å²) in [6, 6.07) is 14.0. The van der Waals surface area contributed by atoms with Crippen LogP contribution in [0.4, 0.5) is 10.8 Å². The maximum absolute atomic E-state index is 12.5. The molecule has 2 aromatic heterocycles. The molecule has 0 N–H and O–H groups in total. The van der Waals surface area contributed by atoms with Crippen molar-refractivity contribution in [2.24, 2.45) is 0 Å². The summed E-state index contributed by atoms with van der Waals surface area (Å²) in [6.45, 7) is 5.49. The van der Waals surface area contributed by atoms with Crippen LogP contribution in [-0.2, 0) is 10.5 Å². The summed E-state index contributed by atoms with van der Waals surface area (Å²) in [7, 11) is 0. The molecule has 2 aromatic carbocycles. The summed E-state index contributed by atoms with van der Waals surface area (Å²) in [5.74, 6) is 0.592. The fourth-order valence-corrected chi connectivity index (χ4v) is 5.71. The molecule has 0 saturated carbocycles. The number of thioether (sulfide) groups is 1. The fraction of sp³-hybridized carbons (Fsp3) is 0.174. The molecule has 30 heavy (non-hydrogen) atoms. The number of fused-ring (bicyclic) bond motifs is 1. The van der Waals surface area contributed by atoms with Crippen LogP contribution >= 0.6 is 34.7 Å². The zero-order valence-electron chi connectivity index (χ0n) is 16.8. The summed E-state index contributed by atoms with van der Waals surface area (Å²) in [6.07, 6.45) is 1.83. The average Bonchev–Trinajstić information content (AvgIpc) is 3.17. The minimum absolute atomic E-state index is 0.113. The number of pyridine rings is 1. The van der Waals surface area contributed by atoms with Crippen LogP contribution < -0.4 is 4.90 Å². The molecular formula is C23H20ClN3OS2. The lowest BCUT2D eigenvalue weighted by atomic mass is 10.1. The number of nitrogens with zero attached hydrogens (tertiary/aromatic N) is 3. The van der Waals surface area contributed by atoms with E-state index in [0.717, 1.165) is 32.6 Å². The Morgan fingerprint density at radius 2 is 2.00 bits per heavy atom. The van der Waals surface area contributed by atoms with Crippen molar-refractivity contribution < 1.29 is 4.79 Å². The number of hydrogen-bond acceptors (Lipinski definition) is 5. The standard InChI is InChI=1S/C23H20ClN3OS2/c1-14-10-15(2)22(19(24)11-14)27(16(3)28)23-26-17(13-30-23)12-29-21-8-9-25-20-7-5-4-6-18(20)21/h4-11,13H,12H2,1-3H3. The molecular weight excluding hydrogens is 434 g/mol. The molecule has 0 atom stereocenters. The van der Waals surface area contributed by atoms with Gasteiger partial charge in [-0.25, -0.2) is 4.98 Å². The van der Waals surface area contributed by atoms with Gasteiger partial charge >= 0.3 is 0 Å².